The summed E-state index contributed by atoms with van der Waals surface area (Å²) < 4.78 is 0. The third-order valence-electron chi connectivity index (χ3n) is 3.25. The van der Waals surface area contributed by atoms with E-state index in [1.54, 1.807) is 18.2 Å². The Hall–Kier alpha value is -1.58. The summed E-state index contributed by atoms with van der Waals surface area (Å²) in [5, 5.41) is 0. The maximum atomic E-state index is 11.6. The molecule has 17 heavy (non-hydrogen) atoms. The predicted octanol–water partition coefficient (Wildman–Crippen LogP) is 1.41. The highest BCUT2D eigenvalue weighted by Gasteiger charge is 2.36. The summed E-state index contributed by atoms with van der Waals surface area (Å²) in [5.41, 5.74) is 10.5. The van der Waals surface area contributed by atoms with Crippen molar-refractivity contribution in [2.75, 3.05) is 0 Å². The summed E-state index contributed by atoms with van der Waals surface area (Å²) >= 11 is 0. The van der Waals surface area contributed by atoms with Crippen LogP contribution < -0.4 is 11.5 Å². The molecule has 1 rings (SSSR count). The van der Waals surface area contributed by atoms with E-state index in [9.17, 15) is 9.59 Å². The highest BCUT2D eigenvalue weighted by atomic mass is 16.1. The van der Waals surface area contributed by atoms with Crippen molar-refractivity contribution in [3.63, 3.8) is 0 Å². The van der Waals surface area contributed by atoms with E-state index in [1.807, 2.05) is 0 Å². The maximum Gasteiger partial charge on any atom is 0.244 e. The van der Waals surface area contributed by atoms with E-state index in [1.165, 1.54) is 0 Å². The van der Waals surface area contributed by atoms with Crippen LogP contribution in [0.5, 0.6) is 0 Å². The summed E-state index contributed by atoms with van der Waals surface area (Å²) in [7, 11) is 0. The zero-order chi connectivity index (χ0) is 12.9. The first-order valence-electron chi connectivity index (χ1n) is 6.00. The van der Waals surface area contributed by atoms with Gasteiger partial charge >= 0.3 is 0 Å². The molecule has 0 aromatic rings. The minimum absolute atomic E-state index is 0.331. The van der Waals surface area contributed by atoms with Crippen LogP contribution in [-0.4, -0.2) is 11.8 Å². The zero-order valence-corrected chi connectivity index (χ0v) is 10.2. The van der Waals surface area contributed by atoms with E-state index in [-0.39, 0.29) is 5.91 Å². The average Bonchev–Trinajstić information content (AvgIpc) is 2.29. The van der Waals surface area contributed by atoms with Crippen LogP contribution in [0.25, 0.3) is 0 Å². The number of hydrogen-bond acceptors (Lipinski definition) is 2. The van der Waals surface area contributed by atoms with Crippen molar-refractivity contribution in [2.45, 2.75) is 39.0 Å². The molecule has 0 radical (unpaired) electrons. The van der Waals surface area contributed by atoms with E-state index in [4.69, 9.17) is 11.5 Å². The third-order valence-corrected chi connectivity index (χ3v) is 3.25. The lowest BCUT2D eigenvalue weighted by Gasteiger charge is -2.29. The molecule has 4 N–H and O–H groups in total. The molecule has 0 saturated heterocycles. The van der Waals surface area contributed by atoms with Gasteiger partial charge in [-0.15, -0.1) is 0 Å². The van der Waals surface area contributed by atoms with Crippen molar-refractivity contribution in [3.8, 4) is 0 Å². The number of allylic oxidation sites excluding steroid dienone is 2. The van der Waals surface area contributed by atoms with Crippen molar-refractivity contribution in [2.24, 2.45) is 16.9 Å². The molecule has 0 bridgehead atoms. The van der Waals surface area contributed by atoms with Crippen LogP contribution in [0.2, 0.25) is 0 Å². The largest absolute Gasteiger partial charge is 0.369 e. The Bertz CT molecular complexity index is 372. The first-order chi connectivity index (χ1) is 8.02. The van der Waals surface area contributed by atoms with Crippen molar-refractivity contribution in [1.29, 1.82) is 0 Å². The Morgan fingerprint density at radius 3 is 2.59 bits per heavy atom. The Balaban J connectivity index is 2.81. The molecule has 0 fully saturated rings. The molecule has 94 valence electrons. The predicted molar refractivity (Wildman–Crippen MR) is 66.8 cm³/mol. The van der Waals surface area contributed by atoms with Crippen molar-refractivity contribution < 1.29 is 9.59 Å². The first kappa shape index (κ1) is 13.5. The minimum Gasteiger partial charge on any atom is -0.369 e. The fraction of sp³-hybridized carbons (Fsp3) is 0.538. The van der Waals surface area contributed by atoms with Gasteiger partial charge in [-0.05, 0) is 12.8 Å². The summed E-state index contributed by atoms with van der Waals surface area (Å²) in [6, 6.07) is 0. The van der Waals surface area contributed by atoms with Gasteiger partial charge < -0.3 is 11.5 Å². The third kappa shape index (κ3) is 3.19. The summed E-state index contributed by atoms with van der Waals surface area (Å²) in [6.45, 7) is 2.10. The Kier molecular flexibility index (Phi) is 4.49. The minimum atomic E-state index is -0.728. The Morgan fingerprint density at radius 1 is 1.35 bits per heavy atom. The SMILES string of the molecule is CCCCCC1(C(N)=O)C=CC=C(C(N)=O)C1. The van der Waals surface area contributed by atoms with Crippen molar-refractivity contribution in [1.82, 2.24) is 0 Å². The van der Waals surface area contributed by atoms with E-state index >= 15 is 0 Å². The van der Waals surface area contributed by atoms with Gasteiger partial charge in [0.05, 0.1) is 5.41 Å². The van der Waals surface area contributed by atoms with Gasteiger partial charge in [0.15, 0.2) is 0 Å². The number of hydrogen-bond donors (Lipinski definition) is 2. The highest BCUT2D eigenvalue weighted by molar-refractivity contribution is 5.95. The number of primary amides is 2. The van der Waals surface area contributed by atoms with Crippen LogP contribution in [-0.2, 0) is 9.59 Å². The van der Waals surface area contributed by atoms with Crippen LogP contribution >= 0.6 is 0 Å². The fourth-order valence-electron chi connectivity index (χ4n) is 2.13. The zero-order valence-electron chi connectivity index (χ0n) is 10.2. The second-order valence-electron chi connectivity index (χ2n) is 4.57. The van der Waals surface area contributed by atoms with Crippen molar-refractivity contribution >= 4 is 11.8 Å². The van der Waals surface area contributed by atoms with Gasteiger partial charge in [-0.25, -0.2) is 0 Å². The highest BCUT2D eigenvalue weighted by Crippen LogP contribution is 2.36. The molecular weight excluding hydrogens is 216 g/mol. The molecule has 0 spiro atoms. The van der Waals surface area contributed by atoms with Gasteiger partial charge in [-0.1, -0.05) is 44.4 Å². The molecule has 1 unspecified atom stereocenters. The molecule has 1 aliphatic rings. The van der Waals surface area contributed by atoms with E-state index in [2.05, 4.69) is 6.92 Å². The molecule has 0 aromatic heterocycles. The summed E-state index contributed by atoms with van der Waals surface area (Å²) in [4.78, 5) is 22.8. The molecule has 0 aromatic carbocycles. The number of carbonyl (C=O) groups is 2. The Labute approximate surface area is 102 Å². The molecular formula is C13H20N2O2. The lowest BCUT2D eigenvalue weighted by atomic mass is 9.74. The number of rotatable bonds is 6. The van der Waals surface area contributed by atoms with Gasteiger partial charge in [-0.2, -0.15) is 0 Å². The molecule has 1 aliphatic carbocycles. The Morgan fingerprint density at radius 2 is 2.06 bits per heavy atom. The molecule has 2 amide bonds. The van der Waals surface area contributed by atoms with Crippen LogP contribution in [0.4, 0.5) is 0 Å². The van der Waals surface area contributed by atoms with Crippen molar-refractivity contribution in [3.05, 3.63) is 23.8 Å². The summed E-state index contributed by atoms with van der Waals surface area (Å²) in [6.07, 6.45) is 9.24. The van der Waals surface area contributed by atoms with Gasteiger partial charge in [0.2, 0.25) is 11.8 Å². The second-order valence-corrected chi connectivity index (χ2v) is 4.57. The summed E-state index contributed by atoms with van der Waals surface area (Å²) in [5.74, 6) is -0.854. The maximum absolute atomic E-state index is 11.6. The quantitative estimate of drug-likeness (QED) is 0.683. The monoisotopic (exact) mass is 236 g/mol. The lowest BCUT2D eigenvalue weighted by Crippen LogP contribution is -2.38. The van der Waals surface area contributed by atoms with Gasteiger partial charge in [0.25, 0.3) is 0 Å². The molecule has 0 heterocycles. The molecule has 1 atom stereocenters. The number of nitrogens with two attached hydrogens (primary N) is 2. The average molecular weight is 236 g/mol. The van der Waals surface area contributed by atoms with Gasteiger partial charge in [0, 0.05) is 5.57 Å². The molecule has 4 heteroatoms. The smallest absolute Gasteiger partial charge is 0.244 e. The van der Waals surface area contributed by atoms with E-state index in [0.717, 1.165) is 19.3 Å². The standard InChI is InChI=1S/C13H20N2O2/c1-2-3-4-7-13(12(15)17)8-5-6-10(9-13)11(14)16/h5-6,8H,2-4,7,9H2,1H3,(H2,14,16)(H2,15,17). The lowest BCUT2D eigenvalue weighted by molar-refractivity contribution is -0.125. The number of unbranched alkanes of at least 4 members (excludes halogenated alkanes) is 2. The van der Waals surface area contributed by atoms with Crippen LogP contribution in [0.1, 0.15) is 39.0 Å². The second kappa shape index (κ2) is 5.66. The van der Waals surface area contributed by atoms with Gasteiger partial charge in [0.1, 0.15) is 0 Å². The van der Waals surface area contributed by atoms with Crippen LogP contribution in [0, 0.1) is 5.41 Å². The normalized spacial score (nSPS) is 23.2. The van der Waals surface area contributed by atoms with E-state index in [0.29, 0.717) is 18.4 Å². The van der Waals surface area contributed by atoms with Crippen LogP contribution in [0.15, 0.2) is 23.8 Å². The topological polar surface area (TPSA) is 86.2 Å². The van der Waals surface area contributed by atoms with Crippen LogP contribution in [0.3, 0.4) is 0 Å². The number of carbonyl (C=O) groups excluding carboxylic acids is 2. The molecule has 4 nitrogen and oxygen atoms in total. The molecule has 0 saturated carbocycles. The van der Waals surface area contributed by atoms with E-state index < -0.39 is 11.3 Å². The van der Waals surface area contributed by atoms with Gasteiger partial charge in [-0.3, -0.25) is 9.59 Å². The first-order valence-corrected chi connectivity index (χ1v) is 6.00. The fourth-order valence-corrected chi connectivity index (χ4v) is 2.13. The molecule has 0 aliphatic heterocycles. The number of amides is 2.